The third kappa shape index (κ3) is 5.59. The van der Waals surface area contributed by atoms with Crippen LogP contribution in [0.15, 0.2) is 60.7 Å². The topological polar surface area (TPSA) is 32.3 Å². The summed E-state index contributed by atoms with van der Waals surface area (Å²) < 4.78 is 0. The Morgan fingerprint density at radius 1 is 0.893 bits per heavy atom. The van der Waals surface area contributed by atoms with Crippen molar-refractivity contribution in [3.63, 3.8) is 0 Å². The van der Waals surface area contributed by atoms with Crippen LogP contribution in [0.4, 0.5) is 0 Å². The van der Waals surface area contributed by atoms with Crippen LogP contribution >= 0.6 is 12.4 Å². The molecular formula is C24H31ClN2O. The number of likely N-dealkylation sites (tertiary alicyclic amines) is 1. The predicted molar refractivity (Wildman–Crippen MR) is 117 cm³/mol. The van der Waals surface area contributed by atoms with Gasteiger partial charge in [0.25, 0.3) is 0 Å². The van der Waals surface area contributed by atoms with Crippen LogP contribution in [-0.4, -0.2) is 36.5 Å². The molecule has 4 rings (SSSR count). The van der Waals surface area contributed by atoms with Gasteiger partial charge in [-0.2, -0.15) is 0 Å². The summed E-state index contributed by atoms with van der Waals surface area (Å²) in [5, 5.41) is 3.70. The molecule has 1 aliphatic carbocycles. The molecule has 150 valence electrons. The fourth-order valence-corrected chi connectivity index (χ4v) is 4.09. The summed E-state index contributed by atoms with van der Waals surface area (Å²) in [5.74, 6) is 1.33. The molecule has 0 unspecified atom stereocenters. The van der Waals surface area contributed by atoms with Crippen molar-refractivity contribution < 1.29 is 4.79 Å². The molecule has 1 aliphatic heterocycles. The van der Waals surface area contributed by atoms with E-state index in [0.717, 1.165) is 31.8 Å². The fraction of sp³-hybridized carbons (Fsp3) is 0.458. The molecule has 0 spiro atoms. The Balaban J connectivity index is 0.00000225. The van der Waals surface area contributed by atoms with Crippen LogP contribution in [0.1, 0.15) is 49.1 Å². The summed E-state index contributed by atoms with van der Waals surface area (Å²) in [6, 6.07) is 21.5. The molecule has 4 heteroatoms. The fourth-order valence-electron chi connectivity index (χ4n) is 4.09. The van der Waals surface area contributed by atoms with Gasteiger partial charge >= 0.3 is 0 Å². The van der Waals surface area contributed by atoms with Crippen LogP contribution in [0.2, 0.25) is 0 Å². The van der Waals surface area contributed by atoms with Crippen molar-refractivity contribution in [2.45, 2.75) is 44.1 Å². The second-order valence-corrected chi connectivity index (χ2v) is 8.08. The number of halogens is 1. The van der Waals surface area contributed by atoms with Crippen molar-refractivity contribution in [2.24, 2.45) is 5.92 Å². The minimum Gasteiger partial charge on any atom is -0.343 e. The number of nitrogens with zero attached hydrogens (tertiary/aromatic N) is 1. The van der Waals surface area contributed by atoms with Gasteiger partial charge < -0.3 is 10.2 Å². The van der Waals surface area contributed by atoms with E-state index < -0.39 is 0 Å². The summed E-state index contributed by atoms with van der Waals surface area (Å²) in [6.45, 7) is 2.94. The Kier molecular flexibility index (Phi) is 7.52. The van der Waals surface area contributed by atoms with Crippen molar-refractivity contribution in [3.8, 4) is 0 Å². The zero-order valence-corrected chi connectivity index (χ0v) is 17.2. The number of piperidine rings is 1. The lowest BCUT2D eigenvalue weighted by molar-refractivity contribution is -0.132. The van der Waals surface area contributed by atoms with Crippen molar-refractivity contribution in [3.05, 3.63) is 71.8 Å². The summed E-state index contributed by atoms with van der Waals surface area (Å²) in [7, 11) is 0. The molecule has 1 N–H and O–H groups in total. The van der Waals surface area contributed by atoms with Gasteiger partial charge in [0.05, 0.1) is 0 Å². The van der Waals surface area contributed by atoms with Gasteiger partial charge in [-0.25, -0.2) is 0 Å². The maximum atomic E-state index is 13.0. The van der Waals surface area contributed by atoms with Gasteiger partial charge in [-0.3, -0.25) is 4.79 Å². The maximum Gasteiger partial charge on any atom is 0.223 e. The quantitative estimate of drug-likeness (QED) is 0.737. The lowest BCUT2D eigenvalue weighted by atomic mass is 9.88. The normalized spacial score (nSPS) is 17.4. The number of hydrogen-bond donors (Lipinski definition) is 1. The smallest absolute Gasteiger partial charge is 0.223 e. The largest absolute Gasteiger partial charge is 0.343 e. The van der Waals surface area contributed by atoms with Gasteiger partial charge in [0.1, 0.15) is 0 Å². The molecule has 3 nitrogen and oxygen atoms in total. The van der Waals surface area contributed by atoms with Crippen molar-refractivity contribution in [1.82, 2.24) is 10.2 Å². The summed E-state index contributed by atoms with van der Waals surface area (Å²) >= 11 is 0. The summed E-state index contributed by atoms with van der Waals surface area (Å²) in [4.78, 5) is 15.1. The second-order valence-electron chi connectivity index (χ2n) is 8.08. The van der Waals surface area contributed by atoms with E-state index in [9.17, 15) is 4.79 Å². The second kappa shape index (κ2) is 10.1. The molecule has 28 heavy (non-hydrogen) atoms. The van der Waals surface area contributed by atoms with Crippen LogP contribution < -0.4 is 5.32 Å². The Labute approximate surface area is 174 Å². The highest BCUT2D eigenvalue weighted by Gasteiger charge is 2.27. The Bertz CT molecular complexity index is 685. The Hall–Kier alpha value is -1.84. The maximum absolute atomic E-state index is 13.0. The first kappa shape index (κ1) is 20.9. The first-order chi connectivity index (χ1) is 13.3. The van der Waals surface area contributed by atoms with Crippen LogP contribution in [0, 0.1) is 5.92 Å². The molecule has 0 bridgehead atoms. The minimum atomic E-state index is 0. The highest BCUT2D eigenvalue weighted by Crippen LogP contribution is 2.30. The third-order valence-electron chi connectivity index (χ3n) is 6.02. The molecule has 2 fully saturated rings. The van der Waals surface area contributed by atoms with Gasteiger partial charge in [-0.1, -0.05) is 60.7 Å². The first-order valence-corrected chi connectivity index (χ1v) is 10.4. The molecule has 0 radical (unpaired) electrons. The van der Waals surface area contributed by atoms with Crippen LogP contribution in [-0.2, 0) is 4.79 Å². The SMILES string of the molecule is Cl.O=C(CC(c1ccccc1)c1ccccc1)N1CCC(NCC2CC2)CC1. The van der Waals surface area contributed by atoms with Gasteiger partial charge in [0.2, 0.25) is 5.91 Å². The molecule has 1 heterocycles. The molecule has 2 aromatic rings. The molecule has 2 aromatic carbocycles. The lowest BCUT2D eigenvalue weighted by Gasteiger charge is -2.33. The number of nitrogens with one attached hydrogen (secondary N) is 1. The highest BCUT2D eigenvalue weighted by atomic mass is 35.5. The number of carbonyl (C=O) groups is 1. The zero-order valence-electron chi connectivity index (χ0n) is 16.4. The van der Waals surface area contributed by atoms with Crippen molar-refractivity contribution in [2.75, 3.05) is 19.6 Å². The van der Waals surface area contributed by atoms with E-state index in [1.165, 1.54) is 30.5 Å². The molecular weight excluding hydrogens is 368 g/mol. The standard InChI is InChI=1S/C24H30N2O.ClH/c27-24(26-15-13-22(14-16-26)25-18-19-11-12-19)17-23(20-7-3-1-4-8-20)21-9-5-2-6-10-21;/h1-10,19,22-23,25H,11-18H2;1H. The number of rotatable bonds is 7. The minimum absolute atomic E-state index is 0. The van der Waals surface area contributed by atoms with Gasteiger partial charge in [-0.15, -0.1) is 12.4 Å². The van der Waals surface area contributed by atoms with E-state index >= 15 is 0 Å². The van der Waals surface area contributed by atoms with Crippen LogP contribution in [0.25, 0.3) is 0 Å². The monoisotopic (exact) mass is 398 g/mol. The number of hydrogen-bond acceptors (Lipinski definition) is 2. The van der Waals surface area contributed by atoms with Gasteiger partial charge in [0.15, 0.2) is 0 Å². The third-order valence-corrected chi connectivity index (χ3v) is 6.02. The highest BCUT2D eigenvalue weighted by molar-refractivity contribution is 5.85. The molecule has 2 aliphatic rings. The van der Waals surface area contributed by atoms with E-state index in [1.807, 2.05) is 12.1 Å². The molecule has 1 amide bonds. The molecule has 0 atom stereocenters. The van der Waals surface area contributed by atoms with Crippen LogP contribution in [0.3, 0.4) is 0 Å². The van der Waals surface area contributed by atoms with E-state index in [0.29, 0.717) is 12.5 Å². The van der Waals surface area contributed by atoms with E-state index in [2.05, 4.69) is 58.7 Å². The Morgan fingerprint density at radius 3 is 1.93 bits per heavy atom. The predicted octanol–water partition coefficient (Wildman–Crippen LogP) is 4.62. The van der Waals surface area contributed by atoms with Crippen molar-refractivity contribution in [1.29, 1.82) is 0 Å². The lowest BCUT2D eigenvalue weighted by Crippen LogP contribution is -2.45. The average Bonchev–Trinajstić information content (AvgIpc) is 3.56. The number of benzene rings is 2. The Morgan fingerprint density at radius 2 is 1.43 bits per heavy atom. The van der Waals surface area contributed by atoms with Gasteiger partial charge in [0, 0.05) is 31.5 Å². The summed E-state index contributed by atoms with van der Waals surface area (Å²) in [6.07, 6.45) is 5.50. The van der Waals surface area contributed by atoms with Crippen molar-refractivity contribution >= 4 is 18.3 Å². The molecule has 0 aromatic heterocycles. The van der Waals surface area contributed by atoms with Crippen LogP contribution in [0.5, 0.6) is 0 Å². The summed E-state index contributed by atoms with van der Waals surface area (Å²) in [5.41, 5.74) is 2.44. The number of amides is 1. The number of carbonyl (C=O) groups excluding carboxylic acids is 1. The van der Waals surface area contributed by atoms with E-state index in [-0.39, 0.29) is 24.2 Å². The molecule has 1 saturated heterocycles. The van der Waals surface area contributed by atoms with E-state index in [1.54, 1.807) is 0 Å². The first-order valence-electron chi connectivity index (χ1n) is 10.4. The molecule has 1 saturated carbocycles. The average molecular weight is 399 g/mol. The zero-order chi connectivity index (χ0) is 18.5. The van der Waals surface area contributed by atoms with E-state index in [4.69, 9.17) is 0 Å². The van der Waals surface area contributed by atoms with Gasteiger partial charge in [-0.05, 0) is 49.3 Å².